The third-order valence-corrected chi connectivity index (χ3v) is 6.59. The highest BCUT2D eigenvalue weighted by Gasteiger charge is 2.26. The molecule has 10 heteroatoms. The molecule has 0 bridgehead atoms. The number of anilines is 1. The van der Waals surface area contributed by atoms with Crippen molar-refractivity contribution in [1.82, 2.24) is 15.2 Å². The van der Waals surface area contributed by atoms with Crippen LogP contribution in [0, 0.1) is 12.8 Å². The number of carbonyl (C=O) groups is 2. The van der Waals surface area contributed by atoms with E-state index in [1.54, 1.807) is 18.2 Å². The highest BCUT2D eigenvalue weighted by molar-refractivity contribution is 7.89. The van der Waals surface area contributed by atoms with Crippen molar-refractivity contribution in [1.29, 1.82) is 0 Å². The summed E-state index contributed by atoms with van der Waals surface area (Å²) in [7, 11) is -3.70. The molecule has 1 aliphatic rings. The molecular weight excluding hydrogens is 442 g/mol. The Balaban J connectivity index is 1.37. The zero-order chi connectivity index (χ0) is 23.8. The van der Waals surface area contributed by atoms with E-state index in [4.69, 9.17) is 5.14 Å². The topological polar surface area (TPSA) is 134 Å². The van der Waals surface area contributed by atoms with Gasteiger partial charge in [0.25, 0.3) is 0 Å². The Hall–Kier alpha value is -2.82. The first-order valence-corrected chi connectivity index (χ1v) is 12.6. The Morgan fingerprint density at radius 3 is 2.64 bits per heavy atom. The van der Waals surface area contributed by atoms with Crippen molar-refractivity contribution in [3.63, 3.8) is 0 Å². The zero-order valence-electron chi connectivity index (χ0n) is 18.8. The normalized spacial score (nSPS) is 16.8. The molecule has 2 aromatic rings. The van der Waals surface area contributed by atoms with Gasteiger partial charge in [-0.3, -0.25) is 9.59 Å². The maximum absolute atomic E-state index is 12.6. The van der Waals surface area contributed by atoms with Crippen molar-refractivity contribution in [2.24, 2.45) is 11.1 Å². The fourth-order valence-electron chi connectivity index (χ4n) is 3.85. The molecule has 0 radical (unpaired) electrons. The quantitative estimate of drug-likeness (QED) is 0.504. The Kier molecular flexibility index (Phi) is 8.54. The number of nitrogens with one attached hydrogen (secondary N) is 2. The third-order valence-electron chi connectivity index (χ3n) is 5.66. The van der Waals surface area contributed by atoms with Gasteiger partial charge in [-0.2, -0.15) is 0 Å². The van der Waals surface area contributed by atoms with E-state index in [1.807, 2.05) is 19.1 Å². The van der Waals surface area contributed by atoms with Crippen molar-refractivity contribution in [3.8, 4) is 0 Å². The Labute approximate surface area is 194 Å². The maximum atomic E-state index is 12.6. The number of sulfonamides is 1. The number of pyridine rings is 1. The monoisotopic (exact) mass is 473 g/mol. The number of carbonyl (C=O) groups excluding carboxylic acids is 2. The standard InChI is InChI=1S/C23H31N5O4S/c1-17-4-2-6-21(26-17)27-23(30)19-5-3-14-28(16-19)15-12-22(29)25-13-11-18-7-9-20(10-8-18)33(24,31)32/h2,4,6-10,19H,3,5,11-16H2,1H3,(H,25,29)(H2,24,31,32)(H,26,27,30). The summed E-state index contributed by atoms with van der Waals surface area (Å²) >= 11 is 0. The lowest BCUT2D eigenvalue weighted by Crippen LogP contribution is -2.42. The lowest BCUT2D eigenvalue weighted by molar-refractivity contribution is -0.122. The summed E-state index contributed by atoms with van der Waals surface area (Å²) in [5.74, 6) is 0.364. The minimum atomic E-state index is -3.70. The van der Waals surface area contributed by atoms with Crippen LogP contribution >= 0.6 is 0 Å². The van der Waals surface area contributed by atoms with E-state index in [0.717, 1.165) is 30.6 Å². The van der Waals surface area contributed by atoms with Gasteiger partial charge in [-0.15, -0.1) is 0 Å². The Morgan fingerprint density at radius 2 is 1.94 bits per heavy atom. The van der Waals surface area contributed by atoms with Gasteiger partial charge >= 0.3 is 0 Å². The molecule has 1 atom stereocenters. The van der Waals surface area contributed by atoms with Crippen LogP contribution < -0.4 is 15.8 Å². The van der Waals surface area contributed by atoms with Crippen LogP contribution in [-0.4, -0.2) is 56.3 Å². The minimum absolute atomic E-state index is 0.0318. The maximum Gasteiger partial charge on any atom is 0.238 e. The number of piperidine rings is 1. The van der Waals surface area contributed by atoms with Gasteiger partial charge in [0.05, 0.1) is 10.8 Å². The molecule has 1 aromatic carbocycles. The number of amides is 2. The molecule has 9 nitrogen and oxygen atoms in total. The largest absolute Gasteiger partial charge is 0.356 e. The van der Waals surface area contributed by atoms with Crippen LogP contribution in [0.25, 0.3) is 0 Å². The van der Waals surface area contributed by atoms with Crippen molar-refractivity contribution in [3.05, 3.63) is 53.7 Å². The summed E-state index contributed by atoms with van der Waals surface area (Å²) < 4.78 is 22.6. The average molecular weight is 474 g/mol. The second-order valence-corrected chi connectivity index (χ2v) is 9.89. The minimum Gasteiger partial charge on any atom is -0.356 e. The van der Waals surface area contributed by atoms with Gasteiger partial charge in [-0.1, -0.05) is 18.2 Å². The van der Waals surface area contributed by atoms with Gasteiger partial charge in [0.15, 0.2) is 0 Å². The molecule has 0 aliphatic carbocycles. The van der Waals surface area contributed by atoms with Gasteiger partial charge in [0, 0.05) is 31.7 Å². The molecule has 33 heavy (non-hydrogen) atoms. The van der Waals surface area contributed by atoms with Gasteiger partial charge in [0.2, 0.25) is 21.8 Å². The van der Waals surface area contributed by atoms with Crippen LogP contribution in [0.5, 0.6) is 0 Å². The first-order valence-electron chi connectivity index (χ1n) is 11.1. The third kappa shape index (κ3) is 7.92. The smallest absolute Gasteiger partial charge is 0.238 e. The van der Waals surface area contributed by atoms with E-state index in [1.165, 1.54) is 12.1 Å². The Morgan fingerprint density at radius 1 is 1.18 bits per heavy atom. The van der Waals surface area contributed by atoms with Crippen LogP contribution in [0.4, 0.5) is 5.82 Å². The van der Waals surface area contributed by atoms with E-state index in [0.29, 0.717) is 38.3 Å². The number of rotatable bonds is 9. The van der Waals surface area contributed by atoms with Crippen LogP contribution in [-0.2, 0) is 26.0 Å². The Bertz CT molecular complexity index is 1070. The first-order chi connectivity index (χ1) is 15.7. The molecule has 1 unspecified atom stereocenters. The second kappa shape index (κ2) is 11.4. The summed E-state index contributed by atoms with van der Waals surface area (Å²) in [4.78, 5) is 31.4. The fourth-order valence-corrected chi connectivity index (χ4v) is 4.37. The van der Waals surface area contributed by atoms with E-state index >= 15 is 0 Å². The molecule has 1 saturated heterocycles. The van der Waals surface area contributed by atoms with Crippen molar-refractivity contribution in [2.45, 2.75) is 37.5 Å². The molecule has 178 valence electrons. The number of hydrogen-bond donors (Lipinski definition) is 3. The number of aromatic nitrogens is 1. The molecule has 1 fully saturated rings. The number of primary sulfonamides is 1. The van der Waals surface area contributed by atoms with E-state index in [-0.39, 0.29) is 22.6 Å². The summed E-state index contributed by atoms with van der Waals surface area (Å²) in [6.07, 6.45) is 2.69. The lowest BCUT2D eigenvalue weighted by atomic mass is 9.97. The van der Waals surface area contributed by atoms with E-state index in [9.17, 15) is 18.0 Å². The summed E-state index contributed by atoms with van der Waals surface area (Å²) in [5.41, 5.74) is 1.76. The first kappa shape index (κ1) is 24.8. The van der Waals surface area contributed by atoms with Crippen LogP contribution in [0.2, 0.25) is 0 Å². The summed E-state index contributed by atoms with van der Waals surface area (Å²) in [5, 5.41) is 10.9. The highest BCUT2D eigenvalue weighted by atomic mass is 32.2. The molecule has 1 aromatic heterocycles. The van der Waals surface area contributed by atoms with Crippen molar-refractivity contribution < 1.29 is 18.0 Å². The second-order valence-electron chi connectivity index (χ2n) is 8.33. The zero-order valence-corrected chi connectivity index (χ0v) is 19.6. The summed E-state index contributed by atoms with van der Waals surface area (Å²) in [6, 6.07) is 11.8. The van der Waals surface area contributed by atoms with Gasteiger partial charge in [-0.05, 0) is 62.6 Å². The van der Waals surface area contributed by atoms with E-state index < -0.39 is 10.0 Å². The van der Waals surface area contributed by atoms with Crippen LogP contribution in [0.3, 0.4) is 0 Å². The lowest BCUT2D eigenvalue weighted by Gasteiger charge is -2.31. The molecule has 0 saturated carbocycles. The van der Waals surface area contributed by atoms with Gasteiger partial charge < -0.3 is 15.5 Å². The predicted molar refractivity (Wildman–Crippen MR) is 126 cm³/mol. The molecule has 0 spiro atoms. The van der Waals surface area contributed by atoms with E-state index in [2.05, 4.69) is 20.5 Å². The van der Waals surface area contributed by atoms with Crippen LogP contribution in [0.15, 0.2) is 47.4 Å². The molecule has 3 rings (SSSR count). The number of aryl methyl sites for hydroxylation is 1. The number of nitrogens with zero attached hydrogens (tertiary/aromatic N) is 2. The van der Waals surface area contributed by atoms with Gasteiger partial charge in [-0.25, -0.2) is 18.5 Å². The fraction of sp³-hybridized carbons (Fsp3) is 0.435. The number of hydrogen-bond acceptors (Lipinski definition) is 6. The molecule has 2 amide bonds. The average Bonchev–Trinajstić information content (AvgIpc) is 2.78. The summed E-state index contributed by atoms with van der Waals surface area (Å²) in [6.45, 7) is 4.44. The molecule has 2 heterocycles. The molecule has 1 aliphatic heterocycles. The number of benzene rings is 1. The van der Waals surface area contributed by atoms with Gasteiger partial charge in [0.1, 0.15) is 5.82 Å². The predicted octanol–water partition coefficient (Wildman–Crippen LogP) is 1.44. The van der Waals surface area contributed by atoms with Crippen molar-refractivity contribution >= 4 is 27.7 Å². The van der Waals surface area contributed by atoms with Crippen molar-refractivity contribution in [2.75, 3.05) is 31.5 Å². The SMILES string of the molecule is Cc1cccc(NC(=O)C2CCCN(CCC(=O)NCCc3ccc(S(N)(=O)=O)cc3)C2)n1. The molecular formula is C23H31N5O4S. The van der Waals surface area contributed by atoms with Crippen LogP contribution in [0.1, 0.15) is 30.5 Å². The number of likely N-dealkylation sites (tertiary alicyclic amines) is 1. The number of nitrogens with two attached hydrogens (primary N) is 1. The molecule has 4 N–H and O–H groups in total. The highest BCUT2D eigenvalue weighted by Crippen LogP contribution is 2.18.